The van der Waals surface area contributed by atoms with Gasteiger partial charge >= 0.3 is 0 Å². The van der Waals surface area contributed by atoms with Crippen LogP contribution in [0, 0.1) is 0 Å². The number of para-hydroxylation sites is 3. The molecule has 0 atom stereocenters. The molecular weight excluding hydrogens is 460 g/mol. The first-order chi connectivity index (χ1) is 18.8. The van der Waals surface area contributed by atoms with Crippen molar-refractivity contribution in [2.24, 2.45) is 0 Å². The molecule has 1 N–H and O–H groups in total. The average Bonchev–Trinajstić information content (AvgIpc) is 3.53. The Morgan fingerprint density at radius 2 is 1.08 bits per heavy atom. The second-order valence-electron chi connectivity index (χ2n) is 9.90. The molecule has 2 heteroatoms. The van der Waals surface area contributed by atoms with Crippen LogP contribution in [0.2, 0.25) is 0 Å². The van der Waals surface area contributed by atoms with E-state index in [2.05, 4.69) is 149 Å². The highest BCUT2D eigenvalue weighted by atomic mass is 15.0. The number of aromatic amines is 1. The second kappa shape index (κ2) is 8.22. The van der Waals surface area contributed by atoms with Crippen molar-refractivity contribution in [1.82, 2.24) is 9.55 Å². The molecule has 8 rings (SSSR count). The number of benzene rings is 6. The Kier molecular flexibility index (Phi) is 4.55. The molecule has 0 amide bonds. The van der Waals surface area contributed by atoms with Crippen LogP contribution in [0.1, 0.15) is 0 Å². The Bertz CT molecular complexity index is 2110. The summed E-state index contributed by atoms with van der Waals surface area (Å²) >= 11 is 0. The predicted molar refractivity (Wildman–Crippen MR) is 161 cm³/mol. The van der Waals surface area contributed by atoms with Gasteiger partial charge in [-0.25, -0.2) is 0 Å². The molecule has 2 heterocycles. The lowest BCUT2D eigenvalue weighted by Crippen LogP contribution is -1.95. The second-order valence-corrected chi connectivity index (χ2v) is 9.90. The van der Waals surface area contributed by atoms with Crippen molar-refractivity contribution in [1.29, 1.82) is 0 Å². The van der Waals surface area contributed by atoms with E-state index in [0.717, 1.165) is 5.69 Å². The first-order valence-corrected chi connectivity index (χ1v) is 13.0. The van der Waals surface area contributed by atoms with Crippen molar-refractivity contribution < 1.29 is 0 Å². The van der Waals surface area contributed by atoms with Crippen LogP contribution in [0.3, 0.4) is 0 Å². The molecule has 0 spiro atoms. The van der Waals surface area contributed by atoms with Gasteiger partial charge in [-0.1, -0.05) is 103 Å². The number of aromatic nitrogens is 2. The molecule has 38 heavy (non-hydrogen) atoms. The van der Waals surface area contributed by atoms with Crippen molar-refractivity contribution >= 4 is 43.6 Å². The maximum absolute atomic E-state index is 3.57. The molecule has 0 aliphatic carbocycles. The van der Waals surface area contributed by atoms with Crippen LogP contribution in [0.25, 0.3) is 71.6 Å². The van der Waals surface area contributed by atoms with Crippen LogP contribution in [0.4, 0.5) is 0 Å². The Labute approximate surface area is 220 Å². The molecule has 6 aromatic carbocycles. The molecule has 0 unspecified atom stereocenters. The van der Waals surface area contributed by atoms with Crippen molar-refractivity contribution in [3.8, 4) is 27.9 Å². The lowest BCUT2D eigenvalue weighted by atomic mass is 10.00. The number of nitrogens with zero attached hydrogens (tertiary/aromatic N) is 1. The molecule has 0 fully saturated rings. The summed E-state index contributed by atoms with van der Waals surface area (Å²) in [6, 6.07) is 50.3. The molecule has 2 nitrogen and oxygen atoms in total. The Morgan fingerprint density at radius 1 is 0.421 bits per heavy atom. The standard InChI is InChI=1S/C36H24N2/c1-2-9-24(10-3-1)25-17-20-27(21-18-25)38-35-16-7-5-12-30(35)31-14-8-13-28(36(31)38)26-19-22-34-32(23-26)29-11-4-6-15-33(29)37-34/h1-23,37H. The highest BCUT2D eigenvalue weighted by molar-refractivity contribution is 6.15. The third kappa shape index (κ3) is 3.14. The van der Waals surface area contributed by atoms with Gasteiger partial charge < -0.3 is 9.55 Å². The van der Waals surface area contributed by atoms with E-state index in [9.17, 15) is 0 Å². The molecule has 0 aliphatic rings. The van der Waals surface area contributed by atoms with Gasteiger partial charge in [0.2, 0.25) is 0 Å². The van der Waals surface area contributed by atoms with E-state index in [0.29, 0.717) is 0 Å². The Hall–Kier alpha value is -5.08. The molecule has 0 saturated heterocycles. The normalized spacial score (nSPS) is 11.7. The largest absolute Gasteiger partial charge is 0.355 e. The quantitative estimate of drug-likeness (QED) is 0.258. The van der Waals surface area contributed by atoms with Gasteiger partial charge in [-0.3, -0.25) is 0 Å². The van der Waals surface area contributed by atoms with E-state index in [1.54, 1.807) is 0 Å². The summed E-state index contributed by atoms with van der Waals surface area (Å²) in [6.07, 6.45) is 0. The number of fused-ring (bicyclic) bond motifs is 6. The fourth-order valence-electron chi connectivity index (χ4n) is 5.97. The lowest BCUT2D eigenvalue weighted by molar-refractivity contribution is 1.18. The van der Waals surface area contributed by atoms with Gasteiger partial charge in [0.15, 0.2) is 0 Å². The molecule has 2 aromatic heterocycles. The minimum absolute atomic E-state index is 1.16. The summed E-state index contributed by atoms with van der Waals surface area (Å²) in [5.74, 6) is 0. The van der Waals surface area contributed by atoms with E-state index < -0.39 is 0 Å². The summed E-state index contributed by atoms with van der Waals surface area (Å²) in [4.78, 5) is 3.57. The molecule has 0 aliphatic heterocycles. The molecular formula is C36H24N2. The topological polar surface area (TPSA) is 20.7 Å². The zero-order valence-electron chi connectivity index (χ0n) is 20.7. The SMILES string of the molecule is c1ccc(-c2ccc(-n3c4ccccc4c4cccc(-c5ccc6[nH]c7ccccc7c6c5)c43)cc2)cc1. The first kappa shape index (κ1) is 21.0. The fraction of sp³-hybridized carbons (Fsp3) is 0. The number of rotatable bonds is 3. The number of H-pyrrole nitrogens is 1. The first-order valence-electron chi connectivity index (χ1n) is 13.0. The Balaban J connectivity index is 1.39. The number of hydrogen-bond acceptors (Lipinski definition) is 0. The summed E-state index contributed by atoms with van der Waals surface area (Å²) < 4.78 is 2.42. The van der Waals surface area contributed by atoms with Crippen LogP contribution < -0.4 is 0 Å². The summed E-state index contributed by atoms with van der Waals surface area (Å²) in [5, 5.41) is 5.05. The molecule has 178 valence electrons. The van der Waals surface area contributed by atoms with Gasteiger partial charge in [0.05, 0.1) is 11.0 Å². The summed E-state index contributed by atoms with van der Waals surface area (Å²) in [7, 11) is 0. The van der Waals surface area contributed by atoms with E-state index >= 15 is 0 Å². The maximum atomic E-state index is 3.57. The highest BCUT2D eigenvalue weighted by Gasteiger charge is 2.17. The van der Waals surface area contributed by atoms with Gasteiger partial charge in [-0.2, -0.15) is 0 Å². The van der Waals surface area contributed by atoms with Crippen molar-refractivity contribution in [2.75, 3.05) is 0 Å². The van der Waals surface area contributed by atoms with E-state index in [-0.39, 0.29) is 0 Å². The van der Waals surface area contributed by atoms with Crippen molar-refractivity contribution in [3.63, 3.8) is 0 Å². The van der Waals surface area contributed by atoms with Crippen molar-refractivity contribution in [3.05, 3.63) is 140 Å². The lowest BCUT2D eigenvalue weighted by Gasteiger charge is -2.13. The van der Waals surface area contributed by atoms with E-state index in [1.165, 1.54) is 65.9 Å². The fourth-order valence-corrected chi connectivity index (χ4v) is 5.97. The summed E-state index contributed by atoms with van der Waals surface area (Å²) in [5.41, 5.74) is 10.9. The average molecular weight is 485 g/mol. The van der Waals surface area contributed by atoms with E-state index in [4.69, 9.17) is 0 Å². The van der Waals surface area contributed by atoms with Crippen LogP contribution in [-0.4, -0.2) is 9.55 Å². The third-order valence-corrected chi connectivity index (χ3v) is 7.74. The minimum Gasteiger partial charge on any atom is -0.355 e. The molecule has 8 aromatic rings. The van der Waals surface area contributed by atoms with Gasteiger partial charge in [0.25, 0.3) is 0 Å². The van der Waals surface area contributed by atoms with Gasteiger partial charge in [-0.15, -0.1) is 0 Å². The minimum atomic E-state index is 1.16. The third-order valence-electron chi connectivity index (χ3n) is 7.74. The van der Waals surface area contributed by atoms with Crippen LogP contribution in [-0.2, 0) is 0 Å². The summed E-state index contributed by atoms with van der Waals surface area (Å²) in [6.45, 7) is 0. The van der Waals surface area contributed by atoms with Crippen LogP contribution >= 0.6 is 0 Å². The smallest absolute Gasteiger partial charge is 0.0619 e. The molecule has 0 saturated carbocycles. The van der Waals surface area contributed by atoms with Crippen molar-refractivity contribution in [2.45, 2.75) is 0 Å². The number of hydrogen-bond donors (Lipinski definition) is 1. The zero-order chi connectivity index (χ0) is 25.1. The van der Waals surface area contributed by atoms with E-state index in [1.807, 2.05) is 0 Å². The molecule has 0 bridgehead atoms. The number of nitrogens with one attached hydrogen (secondary N) is 1. The maximum Gasteiger partial charge on any atom is 0.0619 e. The van der Waals surface area contributed by atoms with Crippen LogP contribution in [0.15, 0.2) is 140 Å². The van der Waals surface area contributed by atoms with Crippen LogP contribution in [0.5, 0.6) is 0 Å². The van der Waals surface area contributed by atoms with Gasteiger partial charge in [0, 0.05) is 43.8 Å². The monoisotopic (exact) mass is 484 g/mol. The van der Waals surface area contributed by atoms with Gasteiger partial charge in [-0.05, 0) is 53.1 Å². The zero-order valence-corrected chi connectivity index (χ0v) is 20.7. The Morgan fingerprint density at radius 3 is 1.95 bits per heavy atom. The predicted octanol–water partition coefficient (Wildman–Crippen LogP) is 9.75. The molecule has 0 radical (unpaired) electrons. The highest BCUT2D eigenvalue weighted by Crippen LogP contribution is 2.39. The van der Waals surface area contributed by atoms with Gasteiger partial charge in [0.1, 0.15) is 0 Å².